The van der Waals surface area contributed by atoms with E-state index in [0.29, 0.717) is 0 Å². The van der Waals surface area contributed by atoms with E-state index in [4.69, 9.17) is 4.74 Å². The molecule has 0 amide bonds. The van der Waals surface area contributed by atoms with E-state index < -0.39 is 0 Å². The summed E-state index contributed by atoms with van der Waals surface area (Å²) in [5.41, 5.74) is 2.63. The molecule has 1 heteroatoms. The molecule has 3 unspecified atom stereocenters. The Balaban J connectivity index is 1.62. The van der Waals surface area contributed by atoms with Crippen LogP contribution in [-0.4, -0.2) is 6.61 Å². The van der Waals surface area contributed by atoms with Gasteiger partial charge >= 0.3 is 0 Å². The summed E-state index contributed by atoms with van der Waals surface area (Å²) in [6.07, 6.45) is 5.81. The highest BCUT2D eigenvalue weighted by molar-refractivity contribution is 5.38. The van der Waals surface area contributed by atoms with Crippen LogP contribution in [0.15, 0.2) is 18.2 Å². The van der Waals surface area contributed by atoms with Crippen LogP contribution in [0.4, 0.5) is 0 Å². The lowest BCUT2D eigenvalue weighted by atomic mass is 9.89. The smallest absolute Gasteiger partial charge is 0.122 e. The second kappa shape index (κ2) is 4.36. The Morgan fingerprint density at radius 3 is 2.76 bits per heavy atom. The lowest BCUT2D eigenvalue weighted by Crippen LogP contribution is -2.18. The Morgan fingerprint density at radius 2 is 2.06 bits per heavy atom. The van der Waals surface area contributed by atoms with E-state index in [-0.39, 0.29) is 0 Å². The second-order valence-corrected chi connectivity index (χ2v) is 5.94. The summed E-state index contributed by atoms with van der Waals surface area (Å²) in [7, 11) is 0. The Morgan fingerprint density at radius 1 is 1.18 bits per heavy atom. The normalized spacial score (nSPS) is 30.8. The maximum absolute atomic E-state index is 6.05. The number of aryl methyl sites for hydroxylation is 1. The minimum Gasteiger partial charge on any atom is -0.493 e. The van der Waals surface area contributed by atoms with Gasteiger partial charge in [-0.15, -0.1) is 0 Å². The van der Waals surface area contributed by atoms with E-state index in [1.54, 1.807) is 0 Å². The molecular formula is C16H22O. The maximum atomic E-state index is 6.05. The molecule has 92 valence electrons. The van der Waals surface area contributed by atoms with Crippen molar-refractivity contribution < 1.29 is 4.74 Å². The second-order valence-electron chi connectivity index (χ2n) is 5.94. The van der Waals surface area contributed by atoms with Gasteiger partial charge < -0.3 is 4.74 Å². The number of ether oxygens (including phenoxy) is 1. The SMILES string of the molecule is Cc1cccc(OCC2CC3CCC2C3)c1C. The summed E-state index contributed by atoms with van der Waals surface area (Å²) in [6, 6.07) is 6.35. The zero-order valence-corrected chi connectivity index (χ0v) is 10.9. The lowest BCUT2D eigenvalue weighted by Gasteiger charge is -2.22. The monoisotopic (exact) mass is 230 g/mol. The van der Waals surface area contributed by atoms with Gasteiger partial charge in [-0.05, 0) is 68.1 Å². The van der Waals surface area contributed by atoms with Crippen molar-refractivity contribution in [1.29, 1.82) is 0 Å². The molecule has 17 heavy (non-hydrogen) atoms. The number of fused-ring (bicyclic) bond motifs is 2. The minimum atomic E-state index is 0.827. The molecule has 2 aliphatic carbocycles. The molecule has 0 heterocycles. The van der Waals surface area contributed by atoms with E-state index in [1.165, 1.54) is 36.8 Å². The van der Waals surface area contributed by atoms with Crippen molar-refractivity contribution >= 4 is 0 Å². The Hall–Kier alpha value is -0.980. The van der Waals surface area contributed by atoms with E-state index in [0.717, 1.165) is 30.1 Å². The minimum absolute atomic E-state index is 0.827. The third-order valence-electron chi connectivity index (χ3n) is 4.89. The molecule has 0 aromatic heterocycles. The van der Waals surface area contributed by atoms with E-state index in [9.17, 15) is 0 Å². The fourth-order valence-electron chi connectivity index (χ4n) is 3.66. The van der Waals surface area contributed by atoms with Gasteiger partial charge in [0.1, 0.15) is 5.75 Å². The molecule has 2 aliphatic rings. The molecule has 3 atom stereocenters. The molecule has 2 saturated carbocycles. The Bertz CT molecular complexity index is 410. The van der Waals surface area contributed by atoms with Gasteiger partial charge in [-0.3, -0.25) is 0 Å². The number of rotatable bonds is 3. The molecular weight excluding hydrogens is 208 g/mol. The molecule has 0 saturated heterocycles. The van der Waals surface area contributed by atoms with Crippen LogP contribution in [0.25, 0.3) is 0 Å². The first-order chi connectivity index (χ1) is 8.24. The van der Waals surface area contributed by atoms with Crippen molar-refractivity contribution in [2.24, 2.45) is 17.8 Å². The summed E-state index contributed by atoms with van der Waals surface area (Å²) in [4.78, 5) is 0. The van der Waals surface area contributed by atoms with Crippen LogP contribution in [0.5, 0.6) is 5.75 Å². The summed E-state index contributed by atoms with van der Waals surface area (Å²) < 4.78 is 6.05. The quantitative estimate of drug-likeness (QED) is 0.759. The van der Waals surface area contributed by atoms with Crippen LogP contribution in [-0.2, 0) is 0 Å². The van der Waals surface area contributed by atoms with Crippen molar-refractivity contribution in [3.8, 4) is 5.75 Å². The molecule has 0 N–H and O–H groups in total. The molecule has 1 aromatic rings. The first kappa shape index (κ1) is 11.1. The van der Waals surface area contributed by atoms with Gasteiger partial charge in [-0.1, -0.05) is 18.6 Å². The van der Waals surface area contributed by atoms with Crippen LogP contribution in [0.1, 0.15) is 36.8 Å². The highest BCUT2D eigenvalue weighted by Gasteiger charge is 2.39. The zero-order valence-electron chi connectivity index (χ0n) is 10.9. The summed E-state index contributed by atoms with van der Waals surface area (Å²) in [5, 5.41) is 0. The average molecular weight is 230 g/mol. The molecule has 1 aromatic carbocycles. The molecule has 0 aliphatic heterocycles. The topological polar surface area (TPSA) is 9.23 Å². The van der Waals surface area contributed by atoms with Crippen LogP contribution in [0.2, 0.25) is 0 Å². The summed E-state index contributed by atoms with van der Waals surface area (Å²) in [5.74, 6) is 3.90. The van der Waals surface area contributed by atoms with Crippen molar-refractivity contribution in [3.05, 3.63) is 29.3 Å². The van der Waals surface area contributed by atoms with Gasteiger partial charge in [0.15, 0.2) is 0 Å². The van der Waals surface area contributed by atoms with Gasteiger partial charge in [0.2, 0.25) is 0 Å². The fourth-order valence-corrected chi connectivity index (χ4v) is 3.66. The van der Waals surface area contributed by atoms with Gasteiger partial charge in [0, 0.05) is 0 Å². The summed E-state index contributed by atoms with van der Waals surface area (Å²) in [6.45, 7) is 5.25. The van der Waals surface area contributed by atoms with Gasteiger partial charge in [-0.2, -0.15) is 0 Å². The van der Waals surface area contributed by atoms with Gasteiger partial charge in [0.25, 0.3) is 0 Å². The molecule has 2 bridgehead atoms. The van der Waals surface area contributed by atoms with Crippen LogP contribution < -0.4 is 4.74 Å². The lowest BCUT2D eigenvalue weighted by molar-refractivity contribution is 0.194. The first-order valence-electron chi connectivity index (χ1n) is 6.93. The zero-order chi connectivity index (χ0) is 11.8. The molecule has 0 radical (unpaired) electrons. The predicted molar refractivity (Wildman–Crippen MR) is 70.3 cm³/mol. The van der Waals surface area contributed by atoms with Crippen molar-refractivity contribution in [1.82, 2.24) is 0 Å². The molecule has 2 fully saturated rings. The first-order valence-corrected chi connectivity index (χ1v) is 6.93. The third kappa shape index (κ3) is 2.08. The highest BCUT2D eigenvalue weighted by atomic mass is 16.5. The summed E-state index contributed by atoms with van der Waals surface area (Å²) >= 11 is 0. The fraction of sp³-hybridized carbons (Fsp3) is 0.625. The van der Waals surface area contributed by atoms with Gasteiger partial charge in [0.05, 0.1) is 6.61 Å². The third-order valence-corrected chi connectivity index (χ3v) is 4.89. The van der Waals surface area contributed by atoms with Crippen molar-refractivity contribution in [2.45, 2.75) is 39.5 Å². The predicted octanol–water partition coefficient (Wildman–Crippen LogP) is 4.12. The van der Waals surface area contributed by atoms with Crippen LogP contribution in [0, 0.1) is 31.6 Å². The largest absolute Gasteiger partial charge is 0.493 e. The van der Waals surface area contributed by atoms with Crippen LogP contribution >= 0.6 is 0 Å². The molecule has 1 nitrogen and oxygen atoms in total. The Kier molecular flexibility index (Phi) is 2.85. The average Bonchev–Trinajstić information content (AvgIpc) is 2.93. The van der Waals surface area contributed by atoms with Gasteiger partial charge in [-0.25, -0.2) is 0 Å². The standard InChI is InChI=1S/C16H22O/c1-11-4-3-5-16(12(11)2)17-10-15-9-13-6-7-14(15)8-13/h3-5,13-15H,6-10H2,1-2H3. The number of hydrogen-bond donors (Lipinski definition) is 0. The van der Waals surface area contributed by atoms with E-state index in [2.05, 4.69) is 32.0 Å². The number of benzene rings is 1. The molecule has 0 spiro atoms. The maximum Gasteiger partial charge on any atom is 0.122 e. The molecule has 3 rings (SSSR count). The van der Waals surface area contributed by atoms with Crippen molar-refractivity contribution in [3.63, 3.8) is 0 Å². The van der Waals surface area contributed by atoms with E-state index >= 15 is 0 Å². The Labute approximate surface area is 104 Å². The van der Waals surface area contributed by atoms with Crippen LogP contribution in [0.3, 0.4) is 0 Å². The van der Waals surface area contributed by atoms with Crippen molar-refractivity contribution in [2.75, 3.05) is 6.61 Å². The highest BCUT2D eigenvalue weighted by Crippen LogP contribution is 2.48. The number of hydrogen-bond acceptors (Lipinski definition) is 1. The van der Waals surface area contributed by atoms with E-state index in [1.807, 2.05) is 0 Å².